The first-order chi connectivity index (χ1) is 12.6. The maximum Gasteiger partial charge on any atom is 0.328 e. The van der Waals surface area contributed by atoms with Crippen LogP contribution in [0.25, 0.3) is 6.08 Å². The van der Waals surface area contributed by atoms with Gasteiger partial charge in [-0.1, -0.05) is 30.3 Å². The van der Waals surface area contributed by atoms with Crippen LogP contribution in [-0.4, -0.2) is 28.3 Å². The first-order valence-electron chi connectivity index (χ1n) is 7.94. The Morgan fingerprint density at radius 1 is 1.00 bits per heavy atom. The molecule has 0 spiro atoms. The minimum absolute atomic E-state index is 0.252. The number of halogens is 2. The summed E-state index contributed by atoms with van der Waals surface area (Å²) in [5.74, 6) is -4.65. The topological polar surface area (TPSA) is 83.5 Å². The van der Waals surface area contributed by atoms with E-state index in [0.29, 0.717) is 5.56 Å². The van der Waals surface area contributed by atoms with Crippen LogP contribution in [0.5, 0.6) is 0 Å². The lowest BCUT2D eigenvalue weighted by Gasteiger charge is -2.25. The molecule has 2 aromatic carbocycles. The van der Waals surface area contributed by atoms with E-state index in [0.717, 1.165) is 24.3 Å². The molecule has 0 aliphatic rings. The molecular formula is C20H17F2NO4. The summed E-state index contributed by atoms with van der Waals surface area (Å²) in [6, 6.07) is 9.08. The number of amides is 1. The highest BCUT2D eigenvalue weighted by Crippen LogP contribution is 2.18. The molecule has 0 bridgehead atoms. The number of carboxylic acid groups (broad SMARTS) is 1. The minimum Gasteiger partial charge on any atom is -0.478 e. The third kappa shape index (κ3) is 4.84. The summed E-state index contributed by atoms with van der Waals surface area (Å²) in [6.45, 7) is 2.84. The Morgan fingerprint density at radius 3 is 2.07 bits per heavy atom. The molecule has 1 amide bonds. The molecule has 0 aliphatic heterocycles. The molecule has 0 atom stereocenters. The van der Waals surface area contributed by atoms with Crippen LogP contribution < -0.4 is 5.32 Å². The molecule has 7 heteroatoms. The lowest BCUT2D eigenvalue weighted by Crippen LogP contribution is -2.50. The normalized spacial score (nSPS) is 11.4. The maximum atomic E-state index is 13.7. The second kappa shape index (κ2) is 7.90. The van der Waals surface area contributed by atoms with Crippen LogP contribution >= 0.6 is 0 Å². The fourth-order valence-corrected chi connectivity index (χ4v) is 2.39. The van der Waals surface area contributed by atoms with Crippen molar-refractivity contribution in [2.75, 3.05) is 0 Å². The van der Waals surface area contributed by atoms with E-state index >= 15 is 0 Å². The summed E-state index contributed by atoms with van der Waals surface area (Å²) in [5.41, 5.74) is -1.36. The first kappa shape index (κ1) is 20.0. The van der Waals surface area contributed by atoms with Gasteiger partial charge in [0.15, 0.2) is 5.78 Å². The van der Waals surface area contributed by atoms with Gasteiger partial charge < -0.3 is 10.4 Å². The average molecular weight is 373 g/mol. The number of benzene rings is 2. The largest absolute Gasteiger partial charge is 0.478 e. The molecule has 0 radical (unpaired) electrons. The molecule has 2 N–H and O–H groups in total. The number of carbonyl (C=O) groups is 3. The molecule has 2 rings (SSSR count). The summed E-state index contributed by atoms with van der Waals surface area (Å²) in [6.07, 6.45) is 2.33. The highest BCUT2D eigenvalue weighted by molar-refractivity contribution is 6.06. The van der Waals surface area contributed by atoms with Gasteiger partial charge >= 0.3 is 5.97 Å². The number of hydrogen-bond donors (Lipinski definition) is 2. The number of ketones is 1. The van der Waals surface area contributed by atoms with E-state index < -0.39 is 40.4 Å². The number of Topliss-reactive ketones (excluding diaryl/α,β-unsaturated/α-hetero) is 1. The van der Waals surface area contributed by atoms with Crippen LogP contribution in [0.15, 0.2) is 48.5 Å². The first-order valence-corrected chi connectivity index (χ1v) is 7.94. The van der Waals surface area contributed by atoms with Gasteiger partial charge in [0.2, 0.25) is 0 Å². The second-order valence-corrected chi connectivity index (χ2v) is 6.30. The Bertz CT molecular complexity index is 898. The van der Waals surface area contributed by atoms with Crippen molar-refractivity contribution in [1.82, 2.24) is 5.32 Å². The number of hydrogen-bond acceptors (Lipinski definition) is 3. The predicted octanol–water partition coefficient (Wildman–Crippen LogP) is 3.45. The summed E-state index contributed by atoms with van der Waals surface area (Å²) >= 11 is 0. The summed E-state index contributed by atoms with van der Waals surface area (Å²) in [7, 11) is 0. The molecule has 0 aliphatic carbocycles. The van der Waals surface area contributed by atoms with Gasteiger partial charge in [-0.3, -0.25) is 9.59 Å². The van der Waals surface area contributed by atoms with Crippen molar-refractivity contribution in [2.45, 2.75) is 19.4 Å². The molecule has 0 fully saturated rings. The number of rotatable bonds is 6. The Labute approximate surface area is 154 Å². The summed E-state index contributed by atoms with van der Waals surface area (Å²) in [4.78, 5) is 35.4. The lowest BCUT2D eigenvalue weighted by atomic mass is 9.92. The number of carboxylic acids is 1. The van der Waals surface area contributed by atoms with E-state index in [1.807, 2.05) is 0 Å². The van der Waals surface area contributed by atoms with Crippen LogP contribution in [0.2, 0.25) is 0 Å². The molecule has 0 heterocycles. The molecule has 140 valence electrons. The highest BCUT2D eigenvalue weighted by Gasteiger charge is 2.32. The van der Waals surface area contributed by atoms with E-state index in [4.69, 9.17) is 5.11 Å². The summed E-state index contributed by atoms with van der Waals surface area (Å²) < 4.78 is 27.5. The standard InChI is InChI=1S/C20H17F2NO4/c1-20(2,23-19(27)17-14(21)4-3-5-15(17)22)18(26)13-9-6-12(7-10-13)8-11-16(24)25/h3-11H,1-2H3,(H,23,27)(H,24,25)/b11-8+. The van der Waals surface area contributed by atoms with Gasteiger partial charge in [0.25, 0.3) is 5.91 Å². The van der Waals surface area contributed by atoms with E-state index in [1.165, 1.54) is 32.1 Å². The summed E-state index contributed by atoms with van der Waals surface area (Å²) in [5, 5.41) is 11.0. The van der Waals surface area contributed by atoms with Gasteiger partial charge in [-0.2, -0.15) is 0 Å². The van der Waals surface area contributed by atoms with Crippen LogP contribution in [0.3, 0.4) is 0 Å². The molecule has 2 aromatic rings. The zero-order chi connectivity index (χ0) is 20.2. The van der Waals surface area contributed by atoms with E-state index in [9.17, 15) is 23.2 Å². The fourth-order valence-electron chi connectivity index (χ4n) is 2.39. The van der Waals surface area contributed by atoms with Crippen molar-refractivity contribution in [3.8, 4) is 0 Å². The van der Waals surface area contributed by atoms with Crippen LogP contribution in [0.1, 0.15) is 40.1 Å². The predicted molar refractivity (Wildman–Crippen MR) is 95.3 cm³/mol. The molecule has 0 saturated heterocycles. The SMILES string of the molecule is CC(C)(NC(=O)c1c(F)cccc1F)C(=O)c1ccc(/C=C/C(=O)O)cc1. The fraction of sp³-hybridized carbons (Fsp3) is 0.150. The van der Waals surface area contributed by atoms with Crippen molar-refractivity contribution < 1.29 is 28.3 Å². The zero-order valence-corrected chi connectivity index (χ0v) is 14.6. The molecular weight excluding hydrogens is 356 g/mol. The minimum atomic E-state index is -1.43. The van der Waals surface area contributed by atoms with Crippen molar-refractivity contribution in [3.05, 3.63) is 76.9 Å². The van der Waals surface area contributed by atoms with Gasteiger partial charge in [-0.15, -0.1) is 0 Å². The molecule has 5 nitrogen and oxygen atoms in total. The third-order valence-electron chi connectivity index (χ3n) is 3.77. The van der Waals surface area contributed by atoms with E-state index in [1.54, 1.807) is 12.1 Å². The monoisotopic (exact) mass is 373 g/mol. The van der Waals surface area contributed by atoms with Gasteiger partial charge in [0.1, 0.15) is 17.2 Å². The van der Waals surface area contributed by atoms with Gasteiger partial charge in [0.05, 0.1) is 5.54 Å². The molecule has 0 unspecified atom stereocenters. The average Bonchev–Trinajstić information content (AvgIpc) is 2.59. The quantitative estimate of drug-likeness (QED) is 0.600. The zero-order valence-electron chi connectivity index (χ0n) is 14.6. The van der Waals surface area contributed by atoms with Gasteiger partial charge in [0, 0.05) is 11.6 Å². The highest BCUT2D eigenvalue weighted by atomic mass is 19.1. The van der Waals surface area contributed by atoms with Crippen LogP contribution in [0, 0.1) is 11.6 Å². The lowest BCUT2D eigenvalue weighted by molar-refractivity contribution is -0.131. The molecule has 0 aromatic heterocycles. The van der Waals surface area contributed by atoms with E-state index in [-0.39, 0.29) is 5.56 Å². The van der Waals surface area contributed by atoms with Gasteiger partial charge in [-0.05, 0) is 37.6 Å². The van der Waals surface area contributed by atoms with Crippen molar-refractivity contribution >= 4 is 23.7 Å². The molecule has 0 saturated carbocycles. The number of aliphatic carboxylic acids is 1. The number of carbonyl (C=O) groups excluding carboxylic acids is 2. The Morgan fingerprint density at radius 2 is 1.56 bits per heavy atom. The smallest absolute Gasteiger partial charge is 0.328 e. The Kier molecular flexibility index (Phi) is 5.85. The second-order valence-electron chi connectivity index (χ2n) is 6.30. The molecule has 27 heavy (non-hydrogen) atoms. The Balaban J connectivity index is 2.19. The Hall–Kier alpha value is -3.35. The van der Waals surface area contributed by atoms with Crippen LogP contribution in [0.4, 0.5) is 8.78 Å². The van der Waals surface area contributed by atoms with Crippen molar-refractivity contribution in [2.24, 2.45) is 0 Å². The van der Waals surface area contributed by atoms with Crippen molar-refractivity contribution in [3.63, 3.8) is 0 Å². The van der Waals surface area contributed by atoms with Crippen molar-refractivity contribution in [1.29, 1.82) is 0 Å². The third-order valence-corrected chi connectivity index (χ3v) is 3.77. The van der Waals surface area contributed by atoms with Crippen LogP contribution in [-0.2, 0) is 4.79 Å². The van der Waals surface area contributed by atoms with E-state index in [2.05, 4.69) is 5.32 Å². The maximum absolute atomic E-state index is 13.7. The van der Waals surface area contributed by atoms with Gasteiger partial charge in [-0.25, -0.2) is 13.6 Å². The number of nitrogens with one attached hydrogen (secondary N) is 1.